The minimum absolute atomic E-state index is 0.0108. The molecule has 1 fully saturated rings. The van der Waals surface area contributed by atoms with Crippen LogP contribution in [-0.2, 0) is 11.2 Å². The van der Waals surface area contributed by atoms with Gasteiger partial charge in [-0.25, -0.2) is 4.98 Å². The highest BCUT2D eigenvalue weighted by Crippen LogP contribution is 2.12. The number of hydrogen-bond acceptors (Lipinski definition) is 5. The zero-order valence-electron chi connectivity index (χ0n) is 10.6. The number of carbonyl (C=O) groups is 1. The van der Waals surface area contributed by atoms with Crippen LogP contribution in [0, 0.1) is 6.92 Å². The Bertz CT molecular complexity index is 388. The van der Waals surface area contributed by atoms with E-state index in [2.05, 4.69) is 21.0 Å². The fraction of sp³-hybridized carbons (Fsp3) is 0.667. The summed E-state index contributed by atoms with van der Waals surface area (Å²) in [5.41, 5.74) is 1.10. The Labute approximate surface area is 116 Å². The van der Waals surface area contributed by atoms with Gasteiger partial charge in [0.15, 0.2) is 0 Å². The van der Waals surface area contributed by atoms with Crippen LogP contribution in [0.1, 0.15) is 23.5 Å². The largest absolute Gasteiger partial charge is 0.355 e. The van der Waals surface area contributed by atoms with E-state index in [4.69, 9.17) is 0 Å². The predicted molar refractivity (Wildman–Crippen MR) is 77.0 cm³/mol. The van der Waals surface area contributed by atoms with E-state index in [1.165, 1.54) is 5.01 Å². The third-order valence-electron chi connectivity index (χ3n) is 2.82. The monoisotopic (exact) mass is 285 g/mol. The van der Waals surface area contributed by atoms with E-state index in [0.717, 1.165) is 43.1 Å². The van der Waals surface area contributed by atoms with Crippen molar-refractivity contribution < 1.29 is 4.79 Å². The molecule has 1 aromatic heterocycles. The zero-order valence-corrected chi connectivity index (χ0v) is 12.2. The average Bonchev–Trinajstić information content (AvgIpc) is 2.99. The zero-order chi connectivity index (χ0) is 12.8. The fourth-order valence-corrected chi connectivity index (χ4v) is 3.58. The second-order valence-corrected chi connectivity index (χ2v) is 6.38. The van der Waals surface area contributed by atoms with Crippen molar-refractivity contribution in [1.29, 1.82) is 0 Å². The molecule has 0 aliphatic carbocycles. The lowest BCUT2D eigenvalue weighted by molar-refractivity contribution is -0.122. The van der Waals surface area contributed by atoms with Crippen LogP contribution in [0.15, 0.2) is 5.38 Å². The van der Waals surface area contributed by atoms with Crippen molar-refractivity contribution in [2.24, 2.45) is 0 Å². The smallest absolute Gasteiger partial charge is 0.238 e. The van der Waals surface area contributed by atoms with Crippen LogP contribution in [-0.4, -0.2) is 35.1 Å². The van der Waals surface area contributed by atoms with E-state index in [1.54, 1.807) is 23.1 Å². The Kier molecular flexibility index (Phi) is 5.46. The number of amides is 1. The summed E-state index contributed by atoms with van der Waals surface area (Å²) in [6.07, 6.45) is 3.12. The number of aromatic nitrogens is 1. The normalized spacial score (nSPS) is 19.1. The number of unbranched alkanes of at least 4 members (excludes halogenated alkanes) is 1. The van der Waals surface area contributed by atoms with Crippen LogP contribution in [0.3, 0.4) is 0 Å². The van der Waals surface area contributed by atoms with Gasteiger partial charge in [-0.1, -0.05) is 0 Å². The number of nitrogens with one attached hydrogen (secondary N) is 2. The summed E-state index contributed by atoms with van der Waals surface area (Å²) in [7, 11) is 0. The van der Waals surface area contributed by atoms with Crippen LogP contribution >= 0.6 is 23.1 Å². The molecule has 4 nitrogen and oxygen atoms in total. The molecule has 0 aromatic carbocycles. The third kappa shape index (κ3) is 4.26. The van der Waals surface area contributed by atoms with E-state index in [-0.39, 0.29) is 11.9 Å². The van der Waals surface area contributed by atoms with E-state index < -0.39 is 0 Å². The topological polar surface area (TPSA) is 54.0 Å². The molecule has 0 bridgehead atoms. The number of nitrogens with zero attached hydrogens (tertiary/aromatic N) is 1. The van der Waals surface area contributed by atoms with Gasteiger partial charge in [0.1, 0.15) is 0 Å². The molecule has 1 saturated heterocycles. The molecular weight excluding hydrogens is 266 g/mol. The molecule has 2 N–H and O–H groups in total. The van der Waals surface area contributed by atoms with Crippen molar-refractivity contribution in [3.8, 4) is 0 Å². The van der Waals surface area contributed by atoms with Gasteiger partial charge in [-0.3, -0.25) is 10.1 Å². The van der Waals surface area contributed by atoms with Crippen molar-refractivity contribution >= 4 is 29.0 Å². The Hall–Kier alpha value is -0.590. The minimum Gasteiger partial charge on any atom is -0.355 e. The van der Waals surface area contributed by atoms with Gasteiger partial charge in [0.25, 0.3) is 0 Å². The van der Waals surface area contributed by atoms with Crippen LogP contribution in [0.2, 0.25) is 0 Å². The second kappa shape index (κ2) is 7.11. The van der Waals surface area contributed by atoms with Crippen LogP contribution < -0.4 is 10.6 Å². The number of rotatable bonds is 6. The lowest BCUT2D eigenvalue weighted by Crippen LogP contribution is -2.42. The predicted octanol–water partition coefficient (Wildman–Crippen LogP) is 1.55. The SMILES string of the molecule is Cc1csc(CCCCNC(=O)C2CSCN2)n1. The number of carbonyl (C=O) groups excluding carboxylic acids is 1. The van der Waals surface area contributed by atoms with Crippen LogP contribution in [0.4, 0.5) is 0 Å². The minimum atomic E-state index is 0.0108. The van der Waals surface area contributed by atoms with E-state index >= 15 is 0 Å². The molecule has 1 aliphatic heterocycles. The van der Waals surface area contributed by atoms with Gasteiger partial charge in [-0.2, -0.15) is 0 Å². The number of thioether (sulfide) groups is 1. The first-order valence-electron chi connectivity index (χ1n) is 6.25. The molecular formula is C12H19N3OS2. The number of hydrogen-bond donors (Lipinski definition) is 2. The van der Waals surface area contributed by atoms with Gasteiger partial charge in [-0.05, 0) is 26.2 Å². The van der Waals surface area contributed by atoms with Gasteiger partial charge >= 0.3 is 0 Å². The molecule has 6 heteroatoms. The maximum atomic E-state index is 11.7. The van der Waals surface area contributed by atoms with Gasteiger partial charge < -0.3 is 5.32 Å². The summed E-state index contributed by atoms with van der Waals surface area (Å²) >= 11 is 3.50. The van der Waals surface area contributed by atoms with Gasteiger partial charge in [0.2, 0.25) is 5.91 Å². The van der Waals surface area contributed by atoms with Gasteiger partial charge in [0.05, 0.1) is 11.0 Å². The molecule has 1 aliphatic rings. The number of aryl methyl sites for hydroxylation is 2. The summed E-state index contributed by atoms with van der Waals surface area (Å²) < 4.78 is 0. The summed E-state index contributed by atoms with van der Waals surface area (Å²) in [6.45, 7) is 2.79. The second-order valence-electron chi connectivity index (χ2n) is 4.40. The maximum absolute atomic E-state index is 11.7. The van der Waals surface area contributed by atoms with E-state index in [0.29, 0.717) is 0 Å². The Balaban J connectivity index is 1.54. The summed E-state index contributed by atoms with van der Waals surface area (Å²) in [5.74, 6) is 1.93. The Morgan fingerprint density at radius 2 is 2.50 bits per heavy atom. The first kappa shape index (κ1) is 13.8. The lowest BCUT2D eigenvalue weighted by Gasteiger charge is -2.09. The first-order valence-corrected chi connectivity index (χ1v) is 8.29. The molecule has 1 aromatic rings. The Morgan fingerprint density at radius 1 is 1.61 bits per heavy atom. The van der Waals surface area contributed by atoms with Crippen LogP contribution in [0.5, 0.6) is 0 Å². The van der Waals surface area contributed by atoms with Crippen molar-refractivity contribution in [2.75, 3.05) is 18.2 Å². The molecule has 1 unspecified atom stereocenters. The number of thiazole rings is 1. The molecule has 0 radical (unpaired) electrons. The molecule has 1 amide bonds. The average molecular weight is 285 g/mol. The standard InChI is InChI=1S/C12H19N3OS2/c1-9-6-18-11(15-9)4-2-3-5-13-12(16)10-7-17-8-14-10/h6,10,14H,2-5,7-8H2,1H3,(H,13,16). The van der Waals surface area contributed by atoms with E-state index in [9.17, 15) is 4.79 Å². The van der Waals surface area contributed by atoms with Crippen LogP contribution in [0.25, 0.3) is 0 Å². The molecule has 18 heavy (non-hydrogen) atoms. The van der Waals surface area contributed by atoms with Gasteiger partial charge in [0, 0.05) is 29.2 Å². The van der Waals surface area contributed by atoms with E-state index in [1.807, 2.05) is 6.92 Å². The molecule has 1 atom stereocenters. The molecule has 0 saturated carbocycles. The third-order valence-corrected chi connectivity index (χ3v) is 4.78. The van der Waals surface area contributed by atoms with Crippen molar-refractivity contribution in [1.82, 2.24) is 15.6 Å². The summed E-state index contributed by atoms with van der Waals surface area (Å²) in [4.78, 5) is 16.1. The highest BCUT2D eigenvalue weighted by atomic mass is 32.2. The summed E-state index contributed by atoms with van der Waals surface area (Å²) in [6, 6.07) is 0.0108. The van der Waals surface area contributed by atoms with Crippen molar-refractivity contribution in [3.05, 3.63) is 16.1 Å². The molecule has 0 spiro atoms. The molecule has 2 rings (SSSR count). The molecule has 100 valence electrons. The highest BCUT2D eigenvalue weighted by molar-refractivity contribution is 7.99. The Morgan fingerprint density at radius 3 is 3.17 bits per heavy atom. The quantitative estimate of drug-likeness (QED) is 0.779. The fourth-order valence-electron chi connectivity index (χ4n) is 1.82. The molecule has 2 heterocycles. The van der Waals surface area contributed by atoms with Crippen molar-refractivity contribution in [2.45, 2.75) is 32.2 Å². The first-order chi connectivity index (χ1) is 8.75. The summed E-state index contributed by atoms with van der Waals surface area (Å²) in [5, 5.41) is 9.44. The van der Waals surface area contributed by atoms with Gasteiger partial charge in [-0.15, -0.1) is 23.1 Å². The lowest BCUT2D eigenvalue weighted by atomic mass is 10.2. The maximum Gasteiger partial charge on any atom is 0.238 e. The van der Waals surface area contributed by atoms with Crippen molar-refractivity contribution in [3.63, 3.8) is 0 Å². The highest BCUT2D eigenvalue weighted by Gasteiger charge is 2.21.